The van der Waals surface area contributed by atoms with Crippen LogP contribution in [0.5, 0.6) is 0 Å². The minimum absolute atomic E-state index is 0.0144. The van der Waals surface area contributed by atoms with Crippen LogP contribution in [0.1, 0.15) is 42.2 Å². The topological polar surface area (TPSA) is 67.2 Å². The molecule has 6 nitrogen and oxygen atoms in total. The second kappa shape index (κ2) is 11.4. The van der Waals surface area contributed by atoms with Crippen molar-refractivity contribution >= 4 is 52.3 Å². The number of carbonyl (C=O) groups is 2. The molecular formula is C29H29ClN4O2S2. The molecule has 1 aliphatic rings. The number of amides is 2. The molecule has 2 aromatic heterocycles. The van der Waals surface area contributed by atoms with Crippen molar-refractivity contribution in [2.75, 3.05) is 17.2 Å². The summed E-state index contributed by atoms with van der Waals surface area (Å²) in [7, 11) is 0. The average Bonchev–Trinajstić information content (AvgIpc) is 3.53. The van der Waals surface area contributed by atoms with E-state index in [1.165, 1.54) is 11.8 Å². The first-order valence-electron chi connectivity index (χ1n) is 12.6. The highest BCUT2D eigenvalue weighted by Crippen LogP contribution is 2.49. The van der Waals surface area contributed by atoms with E-state index in [4.69, 9.17) is 16.7 Å². The van der Waals surface area contributed by atoms with Gasteiger partial charge in [0.2, 0.25) is 11.8 Å². The van der Waals surface area contributed by atoms with Crippen LogP contribution in [-0.2, 0) is 9.59 Å². The van der Waals surface area contributed by atoms with Crippen molar-refractivity contribution < 1.29 is 9.59 Å². The van der Waals surface area contributed by atoms with Gasteiger partial charge in [-0.3, -0.25) is 14.5 Å². The molecule has 0 saturated heterocycles. The van der Waals surface area contributed by atoms with Gasteiger partial charge in [-0.25, -0.2) is 4.68 Å². The van der Waals surface area contributed by atoms with Crippen molar-refractivity contribution in [3.63, 3.8) is 0 Å². The fourth-order valence-corrected chi connectivity index (χ4v) is 6.69. The third-order valence-electron chi connectivity index (χ3n) is 6.66. The molecule has 196 valence electrons. The molecule has 38 heavy (non-hydrogen) atoms. The Hall–Kier alpha value is -3.07. The van der Waals surface area contributed by atoms with Crippen molar-refractivity contribution in [3.05, 3.63) is 87.8 Å². The van der Waals surface area contributed by atoms with Gasteiger partial charge >= 0.3 is 0 Å². The first kappa shape index (κ1) is 26.5. The molecule has 5 rings (SSSR count). The van der Waals surface area contributed by atoms with Crippen LogP contribution in [-0.4, -0.2) is 39.9 Å². The Morgan fingerprint density at radius 1 is 1.18 bits per heavy atom. The zero-order valence-corrected chi connectivity index (χ0v) is 23.9. The quantitative estimate of drug-likeness (QED) is 0.273. The largest absolute Gasteiger partial charge is 0.352 e. The Morgan fingerprint density at radius 3 is 2.71 bits per heavy atom. The van der Waals surface area contributed by atoms with Gasteiger partial charge in [0.1, 0.15) is 18.1 Å². The summed E-state index contributed by atoms with van der Waals surface area (Å²) in [5.74, 6) is 0.523. The van der Waals surface area contributed by atoms with E-state index in [2.05, 4.69) is 5.32 Å². The monoisotopic (exact) mass is 564 g/mol. The van der Waals surface area contributed by atoms with E-state index in [0.29, 0.717) is 10.8 Å². The zero-order chi connectivity index (χ0) is 26.8. The number of aromatic nitrogens is 2. The predicted molar refractivity (Wildman–Crippen MR) is 158 cm³/mol. The Morgan fingerprint density at radius 2 is 2.00 bits per heavy atom. The number of thioether (sulfide) groups is 1. The number of halogens is 1. The molecule has 0 aliphatic carbocycles. The highest BCUT2D eigenvalue weighted by molar-refractivity contribution is 8.00. The lowest BCUT2D eigenvalue weighted by Crippen LogP contribution is -2.44. The fourth-order valence-electron chi connectivity index (χ4n) is 4.58. The molecule has 0 unspecified atom stereocenters. The summed E-state index contributed by atoms with van der Waals surface area (Å²) in [5.41, 5.74) is 4.58. The molecule has 0 radical (unpaired) electrons. The number of anilines is 1. The maximum absolute atomic E-state index is 13.7. The van der Waals surface area contributed by atoms with Gasteiger partial charge in [-0.2, -0.15) is 5.10 Å². The number of rotatable bonds is 7. The number of benzene rings is 2. The molecule has 1 N–H and O–H groups in total. The molecule has 0 spiro atoms. The Kier molecular flexibility index (Phi) is 7.93. The van der Waals surface area contributed by atoms with Crippen LogP contribution >= 0.6 is 34.7 Å². The van der Waals surface area contributed by atoms with Gasteiger partial charge in [0.15, 0.2) is 0 Å². The summed E-state index contributed by atoms with van der Waals surface area (Å²) < 4.78 is 1.84. The molecule has 4 aromatic rings. The Balaban J connectivity index is 1.78. The van der Waals surface area contributed by atoms with E-state index in [9.17, 15) is 9.59 Å². The van der Waals surface area contributed by atoms with Gasteiger partial charge in [-0.1, -0.05) is 54.9 Å². The number of hydrogen-bond acceptors (Lipinski definition) is 5. The Labute approximate surface area is 236 Å². The third kappa shape index (κ3) is 5.25. The maximum atomic E-state index is 13.7. The van der Waals surface area contributed by atoms with Gasteiger partial charge in [-0.15, -0.1) is 23.1 Å². The first-order valence-corrected chi connectivity index (χ1v) is 14.9. The lowest BCUT2D eigenvalue weighted by atomic mass is 10.0. The second-order valence-corrected chi connectivity index (χ2v) is 11.8. The fraction of sp³-hybridized carbons (Fsp3) is 0.276. The molecule has 0 bridgehead atoms. The van der Waals surface area contributed by atoms with Crippen molar-refractivity contribution in [2.45, 2.75) is 38.5 Å². The summed E-state index contributed by atoms with van der Waals surface area (Å²) in [6.07, 6.45) is 0.807. The van der Waals surface area contributed by atoms with Crippen LogP contribution in [0.25, 0.3) is 16.3 Å². The van der Waals surface area contributed by atoms with Crippen molar-refractivity contribution in [2.24, 2.45) is 0 Å². The number of fused-ring (bicyclic) bond motifs is 1. The first-order chi connectivity index (χ1) is 18.4. The smallest absolute Gasteiger partial charge is 0.240 e. The molecular weight excluding hydrogens is 536 g/mol. The van der Waals surface area contributed by atoms with E-state index in [-0.39, 0.29) is 35.4 Å². The van der Waals surface area contributed by atoms with Gasteiger partial charge < -0.3 is 5.32 Å². The van der Waals surface area contributed by atoms with E-state index >= 15 is 0 Å². The molecule has 0 saturated carbocycles. The van der Waals surface area contributed by atoms with E-state index in [1.807, 2.05) is 91.5 Å². The Bertz CT molecular complexity index is 1470. The lowest BCUT2D eigenvalue weighted by molar-refractivity contribution is -0.123. The van der Waals surface area contributed by atoms with Gasteiger partial charge in [0, 0.05) is 16.6 Å². The number of para-hydroxylation sites is 1. The zero-order valence-electron chi connectivity index (χ0n) is 21.5. The predicted octanol–water partition coefficient (Wildman–Crippen LogP) is 6.65. The molecule has 2 amide bonds. The SMILES string of the molecule is CC[C@H](C)NC(=O)CN1C(=O)CS[C@H](c2cccc(Cl)c2)c2c(-c3cccs3)nn(-c3ccccc3C)c21. The standard InChI is InChI=1S/C29H29ClN4O2S2/c1-4-19(3)31-24(35)16-33-25(36)17-38-28(20-10-7-11-21(30)15-20)26-27(23-13-8-14-37-23)32-34(29(26)33)22-12-6-5-9-18(22)2/h5-15,19,28H,4,16-17H2,1-3H3,(H,31,35)/t19-,28+/m0/s1. The normalized spacial score (nSPS) is 16.2. The number of thiophene rings is 1. The summed E-state index contributed by atoms with van der Waals surface area (Å²) in [6.45, 7) is 5.92. The van der Waals surface area contributed by atoms with Gasteiger partial charge in [0.25, 0.3) is 0 Å². The third-order valence-corrected chi connectivity index (χ3v) is 9.03. The van der Waals surface area contributed by atoms with Crippen LogP contribution in [0.15, 0.2) is 66.0 Å². The van der Waals surface area contributed by atoms with Crippen LogP contribution in [0.3, 0.4) is 0 Å². The minimum atomic E-state index is -0.204. The van der Waals surface area contributed by atoms with Crippen LogP contribution < -0.4 is 10.2 Å². The van der Waals surface area contributed by atoms with E-state index < -0.39 is 0 Å². The average molecular weight is 565 g/mol. The molecule has 0 fully saturated rings. The number of aryl methyl sites for hydroxylation is 1. The maximum Gasteiger partial charge on any atom is 0.240 e. The van der Waals surface area contributed by atoms with E-state index in [1.54, 1.807) is 16.2 Å². The van der Waals surface area contributed by atoms with Crippen LogP contribution in [0.2, 0.25) is 5.02 Å². The number of carbonyl (C=O) groups excluding carboxylic acids is 2. The number of nitrogens with one attached hydrogen (secondary N) is 1. The molecule has 9 heteroatoms. The van der Waals surface area contributed by atoms with Crippen molar-refractivity contribution in [1.29, 1.82) is 0 Å². The molecule has 2 atom stereocenters. The summed E-state index contributed by atoms with van der Waals surface area (Å²) in [5, 5.41) is 10.6. The molecule has 1 aliphatic heterocycles. The van der Waals surface area contributed by atoms with E-state index in [0.717, 1.165) is 39.4 Å². The molecule has 2 aromatic carbocycles. The van der Waals surface area contributed by atoms with Crippen LogP contribution in [0.4, 0.5) is 5.82 Å². The second-order valence-electron chi connectivity index (χ2n) is 9.36. The summed E-state index contributed by atoms with van der Waals surface area (Å²) >= 11 is 9.57. The highest BCUT2D eigenvalue weighted by Gasteiger charge is 2.38. The van der Waals surface area contributed by atoms with Crippen molar-refractivity contribution in [3.8, 4) is 16.3 Å². The summed E-state index contributed by atoms with van der Waals surface area (Å²) in [4.78, 5) is 29.5. The van der Waals surface area contributed by atoms with Gasteiger partial charge in [-0.05, 0) is 61.0 Å². The summed E-state index contributed by atoms with van der Waals surface area (Å²) in [6, 6.07) is 19.8. The van der Waals surface area contributed by atoms with Crippen molar-refractivity contribution in [1.82, 2.24) is 15.1 Å². The minimum Gasteiger partial charge on any atom is -0.352 e. The molecule has 3 heterocycles. The number of hydrogen-bond donors (Lipinski definition) is 1. The highest BCUT2D eigenvalue weighted by atomic mass is 35.5. The van der Waals surface area contributed by atoms with Gasteiger partial charge in [0.05, 0.1) is 21.6 Å². The number of nitrogens with zero attached hydrogens (tertiary/aromatic N) is 3. The lowest BCUT2D eigenvalue weighted by Gasteiger charge is -2.24. The van der Waals surface area contributed by atoms with Crippen LogP contribution in [0, 0.1) is 6.92 Å².